The van der Waals surface area contributed by atoms with Crippen LogP contribution in [0.5, 0.6) is 0 Å². The van der Waals surface area contributed by atoms with E-state index in [0.29, 0.717) is 19.8 Å². The normalized spacial score (nSPS) is 17.9. The van der Waals surface area contributed by atoms with Crippen molar-refractivity contribution < 1.29 is 18.7 Å². The summed E-state index contributed by atoms with van der Waals surface area (Å²) in [6.07, 6.45) is 2.17. The van der Waals surface area contributed by atoms with Crippen LogP contribution in [0, 0.1) is 5.82 Å². The Morgan fingerprint density at radius 2 is 1.85 bits per heavy atom. The zero-order chi connectivity index (χ0) is 18.2. The first kappa shape index (κ1) is 19.0. The Labute approximate surface area is 154 Å². The van der Waals surface area contributed by atoms with Gasteiger partial charge in [0.05, 0.1) is 19.0 Å². The summed E-state index contributed by atoms with van der Waals surface area (Å²) in [5, 5.41) is 10.2. The Bertz CT molecular complexity index is 633. The molecule has 2 heterocycles. The molecule has 1 aromatic carbocycles. The predicted molar refractivity (Wildman–Crippen MR) is 97.1 cm³/mol. The molecule has 1 aliphatic rings. The van der Waals surface area contributed by atoms with E-state index in [4.69, 9.17) is 9.15 Å². The van der Waals surface area contributed by atoms with E-state index < -0.39 is 6.10 Å². The standard InChI is InChI=1S/C20H27FN2O3/c21-18-6-4-17(5-7-18)13-22-8-2-9-23(11-10-22)14-19(24)15-25-16-20-3-1-12-26-20/h1,3-7,12,19,24H,2,8-11,13-16H2. The second-order valence-corrected chi connectivity index (χ2v) is 6.81. The van der Waals surface area contributed by atoms with Gasteiger partial charge < -0.3 is 14.3 Å². The van der Waals surface area contributed by atoms with Crippen molar-refractivity contribution in [3.63, 3.8) is 0 Å². The second kappa shape index (κ2) is 9.83. The molecule has 3 rings (SSSR count). The van der Waals surface area contributed by atoms with Gasteiger partial charge in [-0.1, -0.05) is 12.1 Å². The molecule has 1 unspecified atom stereocenters. The van der Waals surface area contributed by atoms with Crippen molar-refractivity contribution in [1.29, 1.82) is 0 Å². The molecule has 0 bridgehead atoms. The van der Waals surface area contributed by atoms with Gasteiger partial charge in [0.15, 0.2) is 0 Å². The highest BCUT2D eigenvalue weighted by Gasteiger charge is 2.18. The van der Waals surface area contributed by atoms with Gasteiger partial charge >= 0.3 is 0 Å². The quantitative estimate of drug-likeness (QED) is 0.782. The van der Waals surface area contributed by atoms with Crippen LogP contribution in [0.15, 0.2) is 47.1 Å². The second-order valence-electron chi connectivity index (χ2n) is 6.81. The molecular weight excluding hydrogens is 335 g/mol. The largest absolute Gasteiger partial charge is 0.467 e. The maximum atomic E-state index is 13.0. The number of aliphatic hydroxyl groups excluding tert-OH is 1. The molecule has 0 aliphatic carbocycles. The van der Waals surface area contributed by atoms with Gasteiger partial charge in [-0.2, -0.15) is 0 Å². The van der Waals surface area contributed by atoms with Crippen molar-refractivity contribution in [1.82, 2.24) is 9.80 Å². The zero-order valence-electron chi connectivity index (χ0n) is 15.0. The molecule has 1 atom stereocenters. The molecule has 6 heteroatoms. The van der Waals surface area contributed by atoms with Gasteiger partial charge in [0.25, 0.3) is 0 Å². The van der Waals surface area contributed by atoms with Crippen LogP contribution in [-0.2, 0) is 17.9 Å². The van der Waals surface area contributed by atoms with Gasteiger partial charge in [0, 0.05) is 26.2 Å². The average molecular weight is 362 g/mol. The maximum Gasteiger partial charge on any atom is 0.129 e. The molecule has 0 amide bonds. The topological polar surface area (TPSA) is 49.1 Å². The molecule has 1 aliphatic heterocycles. The van der Waals surface area contributed by atoms with E-state index in [1.165, 1.54) is 12.1 Å². The van der Waals surface area contributed by atoms with Gasteiger partial charge in [0.1, 0.15) is 18.2 Å². The van der Waals surface area contributed by atoms with Crippen molar-refractivity contribution in [3.05, 3.63) is 59.8 Å². The van der Waals surface area contributed by atoms with E-state index in [2.05, 4.69) is 9.80 Å². The van der Waals surface area contributed by atoms with Crippen molar-refractivity contribution >= 4 is 0 Å². The van der Waals surface area contributed by atoms with Crippen molar-refractivity contribution in [3.8, 4) is 0 Å². The number of hydrogen-bond donors (Lipinski definition) is 1. The molecule has 0 radical (unpaired) electrons. The van der Waals surface area contributed by atoms with Gasteiger partial charge in [-0.25, -0.2) is 4.39 Å². The summed E-state index contributed by atoms with van der Waals surface area (Å²) in [4.78, 5) is 4.67. The highest BCUT2D eigenvalue weighted by molar-refractivity contribution is 5.15. The van der Waals surface area contributed by atoms with Gasteiger partial charge in [0.2, 0.25) is 0 Å². The summed E-state index contributed by atoms with van der Waals surface area (Å²) >= 11 is 0. The third kappa shape index (κ3) is 6.21. The third-order valence-electron chi connectivity index (χ3n) is 4.60. The van der Waals surface area contributed by atoms with Crippen molar-refractivity contribution in [2.45, 2.75) is 25.7 Å². The molecule has 0 spiro atoms. The summed E-state index contributed by atoms with van der Waals surface area (Å²) in [5.74, 6) is 0.572. The van der Waals surface area contributed by atoms with Crippen molar-refractivity contribution in [2.24, 2.45) is 0 Å². The Balaban J connectivity index is 1.36. The first-order valence-electron chi connectivity index (χ1n) is 9.16. The zero-order valence-corrected chi connectivity index (χ0v) is 15.0. The predicted octanol–water partition coefficient (Wildman–Crippen LogP) is 2.50. The highest BCUT2D eigenvalue weighted by atomic mass is 19.1. The summed E-state index contributed by atoms with van der Waals surface area (Å²) in [6.45, 7) is 5.97. The van der Waals surface area contributed by atoms with Gasteiger partial charge in [-0.3, -0.25) is 9.80 Å². The number of benzene rings is 1. The highest BCUT2D eigenvalue weighted by Crippen LogP contribution is 2.11. The number of furan rings is 1. The number of ether oxygens (including phenoxy) is 1. The van der Waals surface area contributed by atoms with Crippen LogP contribution >= 0.6 is 0 Å². The molecule has 142 valence electrons. The van der Waals surface area contributed by atoms with Crippen LogP contribution < -0.4 is 0 Å². The first-order valence-corrected chi connectivity index (χ1v) is 9.16. The van der Waals surface area contributed by atoms with Gasteiger partial charge in [-0.15, -0.1) is 0 Å². The molecule has 1 fully saturated rings. The summed E-state index contributed by atoms with van der Waals surface area (Å²) < 4.78 is 23.7. The van der Waals surface area contributed by atoms with Crippen LogP contribution in [0.3, 0.4) is 0 Å². The minimum atomic E-state index is -0.506. The lowest BCUT2D eigenvalue weighted by molar-refractivity contribution is 0.00565. The number of rotatable bonds is 8. The SMILES string of the molecule is OC(COCc1ccco1)CN1CCCN(Cc2ccc(F)cc2)CC1. The molecule has 2 aromatic rings. The van der Waals surface area contributed by atoms with E-state index in [1.54, 1.807) is 6.26 Å². The summed E-state index contributed by atoms with van der Waals surface area (Å²) in [7, 11) is 0. The van der Waals surface area contributed by atoms with E-state index in [0.717, 1.165) is 50.5 Å². The van der Waals surface area contributed by atoms with E-state index in [-0.39, 0.29) is 5.82 Å². The lowest BCUT2D eigenvalue weighted by Gasteiger charge is -2.24. The molecule has 1 aromatic heterocycles. The van der Waals surface area contributed by atoms with E-state index >= 15 is 0 Å². The van der Waals surface area contributed by atoms with Crippen LogP contribution in [0.25, 0.3) is 0 Å². The molecule has 1 saturated heterocycles. The molecule has 5 nitrogen and oxygen atoms in total. The van der Waals surface area contributed by atoms with E-state index in [9.17, 15) is 9.50 Å². The minimum absolute atomic E-state index is 0.195. The van der Waals surface area contributed by atoms with Crippen LogP contribution in [0.1, 0.15) is 17.7 Å². The van der Waals surface area contributed by atoms with Crippen LogP contribution in [-0.4, -0.2) is 60.3 Å². The third-order valence-corrected chi connectivity index (χ3v) is 4.60. The summed E-state index contributed by atoms with van der Waals surface area (Å²) in [5.41, 5.74) is 1.13. The van der Waals surface area contributed by atoms with Crippen molar-refractivity contribution in [2.75, 3.05) is 39.3 Å². The number of nitrogens with zero attached hydrogens (tertiary/aromatic N) is 2. The lowest BCUT2D eigenvalue weighted by Crippen LogP contribution is -2.37. The molecule has 0 saturated carbocycles. The van der Waals surface area contributed by atoms with Crippen LogP contribution in [0.2, 0.25) is 0 Å². The maximum absolute atomic E-state index is 13.0. The fourth-order valence-electron chi connectivity index (χ4n) is 3.25. The Hall–Kier alpha value is -1.73. The number of halogens is 1. The fourth-order valence-corrected chi connectivity index (χ4v) is 3.25. The average Bonchev–Trinajstić information content (AvgIpc) is 3.05. The minimum Gasteiger partial charge on any atom is -0.467 e. The fraction of sp³-hybridized carbons (Fsp3) is 0.500. The number of aliphatic hydroxyl groups is 1. The van der Waals surface area contributed by atoms with Gasteiger partial charge in [-0.05, 0) is 49.3 Å². The molecule has 1 N–H and O–H groups in total. The first-order chi connectivity index (χ1) is 12.7. The molecule has 26 heavy (non-hydrogen) atoms. The monoisotopic (exact) mass is 362 g/mol. The Kier molecular flexibility index (Phi) is 7.20. The van der Waals surface area contributed by atoms with E-state index in [1.807, 2.05) is 24.3 Å². The smallest absolute Gasteiger partial charge is 0.129 e. The summed E-state index contributed by atoms with van der Waals surface area (Å²) in [6, 6.07) is 10.4. The molecular formula is C20H27FN2O3. The number of hydrogen-bond acceptors (Lipinski definition) is 5. The Morgan fingerprint density at radius 1 is 1.08 bits per heavy atom. The van der Waals surface area contributed by atoms with Crippen LogP contribution in [0.4, 0.5) is 4.39 Å². The lowest BCUT2D eigenvalue weighted by atomic mass is 10.2. The number of β-amino-alcohol motifs (C(OH)–C–C–N with tert-alkyl or cyclic N) is 1. The Morgan fingerprint density at radius 3 is 2.62 bits per heavy atom.